The van der Waals surface area contributed by atoms with E-state index in [1.807, 2.05) is 0 Å². The Balaban J connectivity index is 1.72. The van der Waals surface area contributed by atoms with Gasteiger partial charge < -0.3 is 24.6 Å². The molecule has 1 fully saturated rings. The second-order valence-corrected chi connectivity index (χ2v) is 4.35. The minimum atomic E-state index is -0.936. The smallest absolute Gasteiger partial charge is 0.317 e. The molecule has 1 aromatic heterocycles. The maximum Gasteiger partial charge on any atom is 0.317 e. The zero-order valence-electron chi connectivity index (χ0n) is 10.8. The number of carboxylic acids is 1. The molecule has 9 heteroatoms. The molecule has 2 heterocycles. The minimum absolute atomic E-state index is 0.105. The summed E-state index contributed by atoms with van der Waals surface area (Å²) >= 11 is 0. The van der Waals surface area contributed by atoms with Crippen molar-refractivity contribution in [2.24, 2.45) is 0 Å². The van der Waals surface area contributed by atoms with Crippen LogP contribution >= 0.6 is 0 Å². The molecule has 1 aliphatic heterocycles. The van der Waals surface area contributed by atoms with E-state index >= 15 is 0 Å². The number of hydrogen-bond acceptors (Lipinski definition) is 6. The van der Waals surface area contributed by atoms with Crippen LogP contribution in [0.4, 0.5) is 4.79 Å². The van der Waals surface area contributed by atoms with Gasteiger partial charge in [0.15, 0.2) is 6.33 Å². The number of carbonyl (C=O) groups excluding carboxylic acids is 1. The van der Waals surface area contributed by atoms with Crippen molar-refractivity contribution in [3.05, 3.63) is 12.2 Å². The molecule has 0 spiro atoms. The summed E-state index contributed by atoms with van der Waals surface area (Å²) in [5, 5.41) is 14.9. The molecule has 20 heavy (non-hydrogen) atoms. The van der Waals surface area contributed by atoms with Crippen LogP contribution in [0.2, 0.25) is 0 Å². The molecule has 2 rings (SSSR count). The Bertz CT molecular complexity index is 450. The number of morpholine rings is 1. The zero-order valence-corrected chi connectivity index (χ0v) is 10.8. The number of aliphatic carboxylic acids is 1. The highest BCUT2D eigenvalue weighted by Crippen LogP contribution is 2.08. The normalized spacial score (nSPS) is 18.8. The number of rotatable bonds is 5. The zero-order chi connectivity index (χ0) is 14.4. The second kappa shape index (κ2) is 6.85. The maximum atomic E-state index is 11.9. The number of hydrogen-bond donors (Lipinski definition) is 2. The molecule has 0 aliphatic carbocycles. The Hall–Kier alpha value is -2.16. The fourth-order valence-electron chi connectivity index (χ4n) is 1.92. The molecular weight excluding hydrogens is 268 g/mol. The Labute approximate surface area is 114 Å². The van der Waals surface area contributed by atoms with Gasteiger partial charge in [-0.3, -0.25) is 4.79 Å². The molecule has 1 aromatic rings. The van der Waals surface area contributed by atoms with Gasteiger partial charge in [-0.15, -0.1) is 0 Å². The molecule has 0 aromatic carbocycles. The number of aromatic nitrogens is 2. The summed E-state index contributed by atoms with van der Waals surface area (Å²) in [5.74, 6) is -0.482. The average Bonchev–Trinajstić information content (AvgIpc) is 2.91. The molecule has 0 bridgehead atoms. The fraction of sp³-hybridized carbons (Fsp3) is 0.636. The molecular formula is C11H16N4O5. The van der Waals surface area contributed by atoms with Crippen molar-refractivity contribution in [1.82, 2.24) is 20.4 Å². The predicted molar refractivity (Wildman–Crippen MR) is 65.0 cm³/mol. The first-order valence-corrected chi connectivity index (χ1v) is 6.27. The molecule has 0 saturated carbocycles. The van der Waals surface area contributed by atoms with Gasteiger partial charge in [0.2, 0.25) is 5.89 Å². The summed E-state index contributed by atoms with van der Waals surface area (Å²) in [6, 6.07) is -0.247. The summed E-state index contributed by atoms with van der Waals surface area (Å²) in [6.45, 7) is 1.44. The van der Waals surface area contributed by atoms with Gasteiger partial charge in [-0.25, -0.2) is 4.79 Å². The van der Waals surface area contributed by atoms with E-state index in [0.29, 0.717) is 32.0 Å². The van der Waals surface area contributed by atoms with Gasteiger partial charge in [-0.05, 0) is 0 Å². The Morgan fingerprint density at radius 1 is 1.55 bits per heavy atom. The fourth-order valence-corrected chi connectivity index (χ4v) is 1.92. The molecule has 2 amide bonds. The first-order chi connectivity index (χ1) is 9.65. The largest absolute Gasteiger partial charge is 0.481 e. The highest BCUT2D eigenvalue weighted by Gasteiger charge is 2.25. The maximum absolute atomic E-state index is 11.9. The van der Waals surface area contributed by atoms with Crippen LogP contribution in [0.15, 0.2) is 10.9 Å². The first kappa shape index (κ1) is 14.3. The van der Waals surface area contributed by atoms with Gasteiger partial charge in [-0.1, -0.05) is 5.16 Å². The van der Waals surface area contributed by atoms with Crippen LogP contribution in [0.25, 0.3) is 0 Å². The highest BCUT2D eigenvalue weighted by atomic mass is 16.5. The van der Waals surface area contributed by atoms with E-state index in [0.717, 1.165) is 0 Å². The van der Waals surface area contributed by atoms with E-state index in [2.05, 4.69) is 15.5 Å². The lowest BCUT2D eigenvalue weighted by atomic mass is 10.2. The van der Waals surface area contributed by atoms with Crippen molar-refractivity contribution in [3.63, 3.8) is 0 Å². The number of carbonyl (C=O) groups is 2. The average molecular weight is 284 g/mol. The van der Waals surface area contributed by atoms with Crippen molar-refractivity contribution in [3.8, 4) is 0 Å². The lowest BCUT2D eigenvalue weighted by Crippen LogP contribution is -2.50. The third-order valence-corrected chi connectivity index (χ3v) is 2.85. The Morgan fingerprint density at radius 3 is 3.10 bits per heavy atom. The van der Waals surface area contributed by atoms with Gasteiger partial charge in [0, 0.05) is 26.1 Å². The van der Waals surface area contributed by atoms with Gasteiger partial charge in [0.05, 0.1) is 19.1 Å². The van der Waals surface area contributed by atoms with E-state index in [1.165, 1.54) is 6.33 Å². The van der Waals surface area contributed by atoms with Gasteiger partial charge in [0.25, 0.3) is 0 Å². The van der Waals surface area contributed by atoms with Crippen molar-refractivity contribution in [2.75, 3.05) is 26.2 Å². The summed E-state index contributed by atoms with van der Waals surface area (Å²) in [6.07, 6.45) is 1.19. The number of urea groups is 1. The number of carboxylic acid groups (broad SMARTS) is 1. The van der Waals surface area contributed by atoms with Crippen molar-refractivity contribution in [2.45, 2.75) is 18.9 Å². The number of nitrogens with zero attached hydrogens (tertiary/aromatic N) is 3. The van der Waals surface area contributed by atoms with Crippen LogP contribution in [0.3, 0.4) is 0 Å². The molecule has 110 valence electrons. The van der Waals surface area contributed by atoms with Crippen molar-refractivity contribution in [1.29, 1.82) is 0 Å². The third kappa shape index (κ3) is 4.19. The van der Waals surface area contributed by atoms with Crippen LogP contribution in [0.1, 0.15) is 12.3 Å². The van der Waals surface area contributed by atoms with Gasteiger partial charge in [0.1, 0.15) is 0 Å². The summed E-state index contributed by atoms with van der Waals surface area (Å²) in [5.41, 5.74) is 0. The lowest BCUT2D eigenvalue weighted by molar-refractivity contribution is -0.141. The monoisotopic (exact) mass is 284 g/mol. The minimum Gasteiger partial charge on any atom is -0.481 e. The van der Waals surface area contributed by atoms with E-state index in [1.54, 1.807) is 4.90 Å². The molecule has 2 N–H and O–H groups in total. The van der Waals surface area contributed by atoms with E-state index < -0.39 is 12.1 Å². The predicted octanol–water partition coefficient (Wildman–Crippen LogP) is -0.503. The van der Waals surface area contributed by atoms with Crippen LogP contribution in [-0.4, -0.2) is 64.5 Å². The Kier molecular flexibility index (Phi) is 4.88. The number of amides is 2. The van der Waals surface area contributed by atoms with Crippen LogP contribution in [0.5, 0.6) is 0 Å². The third-order valence-electron chi connectivity index (χ3n) is 2.85. The van der Waals surface area contributed by atoms with E-state index in [-0.39, 0.29) is 19.0 Å². The van der Waals surface area contributed by atoms with Crippen molar-refractivity contribution >= 4 is 12.0 Å². The molecule has 1 aliphatic rings. The quantitative estimate of drug-likeness (QED) is 0.748. The molecule has 9 nitrogen and oxygen atoms in total. The van der Waals surface area contributed by atoms with Gasteiger partial charge >= 0.3 is 12.0 Å². The van der Waals surface area contributed by atoms with Crippen LogP contribution in [0, 0.1) is 0 Å². The molecule has 1 saturated heterocycles. The highest BCUT2D eigenvalue weighted by molar-refractivity contribution is 5.74. The molecule has 1 unspecified atom stereocenters. The summed E-state index contributed by atoms with van der Waals surface area (Å²) in [4.78, 5) is 27.9. The van der Waals surface area contributed by atoms with Gasteiger partial charge in [-0.2, -0.15) is 4.98 Å². The SMILES string of the molecule is O=C(O)CC1CN(C(=O)NCCc2ncno2)CCO1. The first-order valence-electron chi connectivity index (χ1n) is 6.27. The van der Waals surface area contributed by atoms with Crippen LogP contribution in [-0.2, 0) is 16.0 Å². The molecule has 0 radical (unpaired) electrons. The Morgan fingerprint density at radius 2 is 2.40 bits per heavy atom. The molecule has 1 atom stereocenters. The standard InChI is InChI=1S/C11H16N4O5/c16-10(17)5-8-6-15(3-4-19-8)11(18)12-2-1-9-13-7-14-20-9/h7-8H,1-6H2,(H,12,18)(H,16,17). The topological polar surface area (TPSA) is 118 Å². The number of ether oxygens (including phenoxy) is 1. The second-order valence-electron chi connectivity index (χ2n) is 4.35. The summed E-state index contributed by atoms with van der Waals surface area (Å²) < 4.78 is 10.1. The van der Waals surface area contributed by atoms with Crippen LogP contribution < -0.4 is 5.32 Å². The summed E-state index contributed by atoms with van der Waals surface area (Å²) in [7, 11) is 0. The van der Waals surface area contributed by atoms with E-state index in [9.17, 15) is 9.59 Å². The van der Waals surface area contributed by atoms with Crippen molar-refractivity contribution < 1.29 is 24.0 Å². The van der Waals surface area contributed by atoms with E-state index in [4.69, 9.17) is 14.4 Å². The lowest BCUT2D eigenvalue weighted by Gasteiger charge is -2.32. The number of nitrogens with one attached hydrogen (secondary N) is 1.